The van der Waals surface area contributed by atoms with Gasteiger partial charge in [-0.2, -0.15) is 0 Å². The first-order valence-corrected chi connectivity index (χ1v) is 34.9. The highest BCUT2D eigenvalue weighted by Crippen LogP contribution is 2.28. The van der Waals surface area contributed by atoms with Crippen LogP contribution < -0.4 is 21.3 Å². The van der Waals surface area contributed by atoms with Crippen molar-refractivity contribution in [3.63, 3.8) is 0 Å². The molecule has 14 atom stereocenters. The first-order chi connectivity index (χ1) is 43.2. The highest BCUT2D eigenvalue weighted by molar-refractivity contribution is 8.00. The molecule has 1 aliphatic rings. The number of carbonyl (C=O) groups excluding carboxylic acids is 11. The van der Waals surface area contributed by atoms with Crippen LogP contribution in [0.4, 0.5) is 0 Å². The summed E-state index contributed by atoms with van der Waals surface area (Å²) >= 11 is 1.19. The van der Waals surface area contributed by atoms with Gasteiger partial charge in [-0.3, -0.25) is 52.7 Å². The molecule has 25 heteroatoms. The van der Waals surface area contributed by atoms with E-state index in [9.17, 15) is 24.3 Å². The first-order valence-electron chi connectivity index (χ1n) is 33.9. The monoisotopic (exact) mass is 1330 g/mol. The van der Waals surface area contributed by atoms with E-state index < -0.39 is 161 Å². The maximum atomic E-state index is 15.4. The normalized spacial score (nSPS) is 26.8. The molecular formula is C68H124N12O12S. The molecule has 24 nitrogen and oxygen atoms in total. The van der Waals surface area contributed by atoms with Gasteiger partial charge in [0.05, 0.1) is 6.10 Å². The lowest BCUT2D eigenvalue weighted by atomic mass is 9.91. The zero-order valence-electron chi connectivity index (χ0n) is 61.6. The average Bonchev–Trinajstić information content (AvgIpc) is 0.902. The third kappa shape index (κ3) is 23.8. The first kappa shape index (κ1) is 85.2. The van der Waals surface area contributed by atoms with Crippen molar-refractivity contribution in [1.29, 1.82) is 0 Å². The molecule has 1 heterocycles. The fourth-order valence-electron chi connectivity index (χ4n) is 11.8. The number of allylic oxidation sites excluding steroid dienone is 2. The fraction of sp³-hybridized carbons (Fsp3) is 0.809. The average molecular weight is 1330 g/mol. The van der Waals surface area contributed by atoms with Gasteiger partial charge in [0.25, 0.3) is 5.91 Å². The Hall–Kier alpha value is -5.82. The molecule has 0 saturated carbocycles. The van der Waals surface area contributed by atoms with E-state index in [0.717, 1.165) is 4.90 Å². The smallest absolute Gasteiger partial charge is 0.256 e. The highest BCUT2D eigenvalue weighted by atomic mass is 32.2. The zero-order valence-corrected chi connectivity index (χ0v) is 62.4. The molecule has 0 spiro atoms. The molecule has 1 saturated heterocycles. The van der Waals surface area contributed by atoms with E-state index in [0.29, 0.717) is 38.2 Å². The summed E-state index contributed by atoms with van der Waals surface area (Å²) in [6.07, 6.45) is 3.26. The Morgan fingerprint density at radius 3 is 1.40 bits per heavy atom. The van der Waals surface area contributed by atoms with Gasteiger partial charge in [0, 0.05) is 61.6 Å². The standard InChI is InChI=1S/C68H124N12O12S/c1-27-32-33-45(17)56(81)55-60(85)71-48(29-3)62(87)79(26)68(93-35-34-80(30-4)31-5)67(92)77(24)54(44(16)28-2)59(84)72-52(42(12)13)65(90)73(20)49(36-39(6)7)58(83)69-46(18)57(82)70-47(19)61(86)74(21)50(37-40(8)9)63(88)75(22)51(38-41(10)11)64(89)76(23)53(43(14)15)66(91)78(55)25/h27,32,39-56,68,81H,28-31,33-38H2,1-26H3,(H,69,83)(H,70,82)(H,71,85)(H,72,84)/b32-27+/t44?,45-,46+,47-,48+,49+,50+,51+,52+,53+,54+,55+,56-,68-/m1/s1. The summed E-state index contributed by atoms with van der Waals surface area (Å²) in [6.45, 7) is 36.0. The molecule has 0 aromatic heterocycles. The number of amides is 11. The summed E-state index contributed by atoms with van der Waals surface area (Å²) in [5.41, 5.74) is 0. The van der Waals surface area contributed by atoms with Crippen molar-refractivity contribution in [2.75, 3.05) is 74.7 Å². The van der Waals surface area contributed by atoms with Gasteiger partial charge in [-0.25, -0.2) is 0 Å². The second-order valence-corrected chi connectivity index (χ2v) is 28.9. The number of hydrogen-bond acceptors (Lipinski definition) is 14. The molecule has 1 unspecified atom stereocenters. The van der Waals surface area contributed by atoms with Gasteiger partial charge in [0.1, 0.15) is 60.4 Å². The quantitative estimate of drug-likeness (QED) is 0.0978. The molecule has 1 rings (SSSR count). The van der Waals surface area contributed by atoms with E-state index in [4.69, 9.17) is 0 Å². The van der Waals surface area contributed by atoms with Gasteiger partial charge in [-0.05, 0) is 107 Å². The molecule has 0 aliphatic carbocycles. The van der Waals surface area contributed by atoms with E-state index in [1.165, 1.54) is 104 Å². The molecule has 0 bridgehead atoms. The van der Waals surface area contributed by atoms with Gasteiger partial charge in [-0.15, -0.1) is 11.8 Å². The summed E-state index contributed by atoms with van der Waals surface area (Å²) < 4.78 is 0. The molecule has 0 radical (unpaired) electrons. The Bertz CT molecular complexity index is 2510. The van der Waals surface area contributed by atoms with Gasteiger partial charge >= 0.3 is 0 Å². The third-order valence-corrected chi connectivity index (χ3v) is 19.4. The molecule has 1 fully saturated rings. The number of carbonyl (C=O) groups is 11. The molecule has 0 aromatic rings. The van der Waals surface area contributed by atoms with E-state index in [2.05, 4.69) is 26.2 Å². The number of nitrogens with zero attached hydrogens (tertiary/aromatic N) is 8. The van der Waals surface area contributed by atoms with Gasteiger partial charge in [-0.1, -0.05) is 129 Å². The minimum Gasteiger partial charge on any atom is -0.390 e. The van der Waals surface area contributed by atoms with Crippen LogP contribution in [0, 0.1) is 41.4 Å². The van der Waals surface area contributed by atoms with Crippen LogP contribution >= 0.6 is 11.8 Å². The van der Waals surface area contributed by atoms with Crippen molar-refractivity contribution in [3.05, 3.63) is 12.2 Å². The Balaban J connectivity index is 4.56. The number of rotatable bonds is 21. The Kier molecular flexibility index (Phi) is 36.6. The van der Waals surface area contributed by atoms with Crippen molar-refractivity contribution in [2.45, 2.75) is 242 Å². The maximum Gasteiger partial charge on any atom is 0.256 e. The van der Waals surface area contributed by atoms with Crippen LogP contribution in [-0.2, 0) is 52.7 Å². The molecule has 1 aliphatic heterocycles. The zero-order chi connectivity index (χ0) is 72.0. The Labute approximate surface area is 562 Å². The SMILES string of the molecule is C/C=C/C[C@@H](C)[C@@H](O)[C@H]1C(=O)N[C@@H](CC)C(=O)N(C)[C@H](SCCN(CC)CC)C(=O)N(C)[C@@H](C(C)CC)C(=O)N[C@@H](C(C)C)C(=O)N(C)[C@@H](CC(C)C)C(=O)N[C@@H](C)C(=O)N[C@H](C)C(=O)N(C)[C@@H](CC(C)C)C(=O)N(C)[C@@H](CC(C)C)C(=O)N(C)[C@@H](C(C)C)C(=O)N1C. The summed E-state index contributed by atoms with van der Waals surface area (Å²) in [7, 11) is 10.1. The van der Waals surface area contributed by atoms with E-state index in [1.54, 1.807) is 54.5 Å². The van der Waals surface area contributed by atoms with Gasteiger partial charge in [0.15, 0.2) is 5.37 Å². The lowest BCUT2D eigenvalue weighted by Gasteiger charge is -2.41. The van der Waals surface area contributed by atoms with Crippen molar-refractivity contribution < 1.29 is 57.8 Å². The van der Waals surface area contributed by atoms with Gasteiger partial charge < -0.3 is 65.6 Å². The molecule has 534 valence electrons. The predicted molar refractivity (Wildman–Crippen MR) is 368 cm³/mol. The summed E-state index contributed by atoms with van der Waals surface area (Å²) in [6, 6.07) is -12.5. The number of nitrogens with one attached hydrogen (secondary N) is 4. The van der Waals surface area contributed by atoms with Crippen LogP contribution in [-0.4, -0.2) is 256 Å². The molecule has 93 heavy (non-hydrogen) atoms. The maximum absolute atomic E-state index is 15.4. The van der Waals surface area contributed by atoms with Crippen molar-refractivity contribution in [1.82, 2.24) is 60.5 Å². The fourth-order valence-corrected chi connectivity index (χ4v) is 13.1. The lowest BCUT2D eigenvalue weighted by molar-refractivity contribution is -0.157. The van der Waals surface area contributed by atoms with Crippen LogP contribution in [0.25, 0.3) is 0 Å². The number of hydrogen-bond donors (Lipinski definition) is 5. The largest absolute Gasteiger partial charge is 0.390 e. The number of aliphatic hydroxyl groups is 1. The minimum absolute atomic E-state index is 0.00536. The summed E-state index contributed by atoms with van der Waals surface area (Å²) in [5, 5.41) is 22.2. The number of likely N-dealkylation sites (N-methyl/N-ethyl adjacent to an activating group) is 7. The van der Waals surface area contributed by atoms with Crippen LogP contribution in [0.5, 0.6) is 0 Å². The van der Waals surface area contributed by atoms with Gasteiger partial charge in [0.2, 0.25) is 59.1 Å². The topological polar surface area (TPSA) is 282 Å². The second-order valence-electron chi connectivity index (χ2n) is 27.7. The van der Waals surface area contributed by atoms with Crippen LogP contribution in [0.1, 0.15) is 170 Å². The van der Waals surface area contributed by atoms with Crippen molar-refractivity contribution in [3.8, 4) is 0 Å². The predicted octanol–water partition coefficient (Wildman–Crippen LogP) is 4.67. The summed E-state index contributed by atoms with van der Waals surface area (Å²) in [4.78, 5) is 175. The second kappa shape index (κ2) is 39.9. The van der Waals surface area contributed by atoms with Crippen LogP contribution in [0.3, 0.4) is 0 Å². The third-order valence-electron chi connectivity index (χ3n) is 18.2. The van der Waals surface area contributed by atoms with E-state index >= 15 is 33.6 Å². The van der Waals surface area contributed by atoms with Crippen LogP contribution in [0.2, 0.25) is 0 Å². The lowest BCUT2D eigenvalue weighted by Crippen LogP contribution is -2.64. The number of aliphatic hydroxyl groups excluding tert-OH is 1. The van der Waals surface area contributed by atoms with Crippen LogP contribution in [0.15, 0.2) is 12.2 Å². The van der Waals surface area contributed by atoms with Crippen molar-refractivity contribution >= 4 is 76.7 Å². The number of thioether (sulfide) groups is 1. The molecule has 0 aromatic carbocycles. The Morgan fingerprint density at radius 2 is 0.935 bits per heavy atom. The minimum atomic E-state index is -1.63. The summed E-state index contributed by atoms with van der Waals surface area (Å²) in [5.74, 6) is -9.74. The van der Waals surface area contributed by atoms with E-state index in [-0.39, 0.29) is 43.4 Å². The molecule has 5 N–H and O–H groups in total. The highest BCUT2D eigenvalue weighted by Gasteiger charge is 2.47. The Morgan fingerprint density at radius 1 is 0.484 bits per heavy atom. The van der Waals surface area contributed by atoms with E-state index in [1.807, 2.05) is 75.3 Å². The van der Waals surface area contributed by atoms with Crippen molar-refractivity contribution in [2.24, 2.45) is 41.4 Å². The molecular weight excluding hydrogens is 1210 g/mol. The molecule has 11 amide bonds.